The quantitative estimate of drug-likeness (QED) is 0.321. The van der Waals surface area contributed by atoms with E-state index in [1.807, 2.05) is 6.20 Å². The van der Waals surface area contributed by atoms with Crippen molar-refractivity contribution < 1.29 is 0 Å². The van der Waals surface area contributed by atoms with Gasteiger partial charge in [-0.3, -0.25) is 4.98 Å². The van der Waals surface area contributed by atoms with E-state index in [1.165, 1.54) is 100 Å². The first-order chi connectivity index (χ1) is 14.8. The summed E-state index contributed by atoms with van der Waals surface area (Å²) in [5.41, 5.74) is 5.15. The van der Waals surface area contributed by atoms with Crippen LogP contribution in [0.25, 0.3) is 11.3 Å². The van der Waals surface area contributed by atoms with Gasteiger partial charge in [-0.2, -0.15) is 0 Å². The van der Waals surface area contributed by atoms with Gasteiger partial charge in [-0.15, -0.1) is 0 Å². The average Bonchev–Trinajstić information content (AvgIpc) is 2.79. The SMILES string of the molecule is CCCCCCC[C@H]1CC[C@H](CCc2ccc(-c3ccc(CCC)cn3)cc2)CC1. The number of hydrogen-bond acceptors (Lipinski definition) is 1. The van der Waals surface area contributed by atoms with Gasteiger partial charge in [-0.25, -0.2) is 0 Å². The fourth-order valence-corrected chi connectivity index (χ4v) is 5.09. The second-order valence-corrected chi connectivity index (χ2v) is 9.63. The molecular formula is C29H43N. The molecule has 0 aliphatic heterocycles. The molecule has 1 heterocycles. The first-order valence-electron chi connectivity index (χ1n) is 12.8. The van der Waals surface area contributed by atoms with Gasteiger partial charge in [0, 0.05) is 11.8 Å². The fraction of sp³-hybridized carbons (Fsp3) is 0.621. The Kier molecular flexibility index (Phi) is 9.93. The predicted molar refractivity (Wildman–Crippen MR) is 131 cm³/mol. The van der Waals surface area contributed by atoms with E-state index in [2.05, 4.69) is 55.2 Å². The third-order valence-electron chi connectivity index (χ3n) is 7.14. The van der Waals surface area contributed by atoms with Gasteiger partial charge in [0.05, 0.1) is 5.69 Å². The Morgan fingerprint density at radius 1 is 0.667 bits per heavy atom. The number of nitrogens with zero attached hydrogens (tertiary/aromatic N) is 1. The fourth-order valence-electron chi connectivity index (χ4n) is 5.09. The smallest absolute Gasteiger partial charge is 0.0702 e. The minimum Gasteiger partial charge on any atom is -0.256 e. The van der Waals surface area contributed by atoms with Crippen LogP contribution in [0, 0.1) is 11.8 Å². The van der Waals surface area contributed by atoms with Crippen LogP contribution < -0.4 is 0 Å². The van der Waals surface area contributed by atoms with Crippen molar-refractivity contribution in [2.75, 3.05) is 0 Å². The zero-order valence-electron chi connectivity index (χ0n) is 19.5. The molecule has 2 aromatic rings. The summed E-state index contributed by atoms with van der Waals surface area (Å²) in [6, 6.07) is 13.5. The third kappa shape index (κ3) is 7.56. The molecule has 0 N–H and O–H groups in total. The lowest BCUT2D eigenvalue weighted by Crippen LogP contribution is -2.15. The van der Waals surface area contributed by atoms with Crippen molar-refractivity contribution >= 4 is 0 Å². The number of unbranched alkanes of at least 4 members (excludes halogenated alkanes) is 4. The lowest BCUT2D eigenvalue weighted by atomic mass is 9.77. The first kappa shape index (κ1) is 23.0. The van der Waals surface area contributed by atoms with E-state index in [9.17, 15) is 0 Å². The van der Waals surface area contributed by atoms with Crippen molar-refractivity contribution in [3.8, 4) is 11.3 Å². The molecule has 30 heavy (non-hydrogen) atoms. The van der Waals surface area contributed by atoms with E-state index in [-0.39, 0.29) is 0 Å². The van der Waals surface area contributed by atoms with Crippen molar-refractivity contribution in [1.82, 2.24) is 4.98 Å². The third-order valence-corrected chi connectivity index (χ3v) is 7.14. The normalized spacial score (nSPS) is 19.1. The van der Waals surface area contributed by atoms with Gasteiger partial charge >= 0.3 is 0 Å². The number of pyridine rings is 1. The number of aryl methyl sites for hydroxylation is 2. The molecule has 0 atom stereocenters. The molecular weight excluding hydrogens is 362 g/mol. The standard InChI is InChI=1S/C29H43N/c1-3-5-6-7-8-10-24-11-13-25(14-12-24)15-16-26-17-20-28(21-18-26)29-22-19-27(9-4-2)23-30-29/h17-25H,3-16H2,1-2H3/t24-,25-. The van der Waals surface area contributed by atoms with Gasteiger partial charge in [0.1, 0.15) is 0 Å². The molecule has 1 saturated carbocycles. The largest absolute Gasteiger partial charge is 0.256 e. The molecule has 1 fully saturated rings. The molecule has 164 valence electrons. The maximum Gasteiger partial charge on any atom is 0.0702 e. The summed E-state index contributed by atoms with van der Waals surface area (Å²) in [4.78, 5) is 4.66. The number of benzene rings is 1. The predicted octanol–water partition coefficient (Wildman–Crippen LogP) is 8.80. The van der Waals surface area contributed by atoms with Crippen molar-refractivity contribution in [2.24, 2.45) is 11.8 Å². The molecule has 0 spiro atoms. The number of aromatic nitrogens is 1. The van der Waals surface area contributed by atoms with Gasteiger partial charge < -0.3 is 0 Å². The summed E-state index contributed by atoms with van der Waals surface area (Å²) in [6.07, 6.45) is 21.5. The second kappa shape index (κ2) is 12.9. The zero-order chi connectivity index (χ0) is 21.0. The number of hydrogen-bond donors (Lipinski definition) is 0. The van der Waals surface area contributed by atoms with Gasteiger partial charge in [0.15, 0.2) is 0 Å². The molecule has 0 unspecified atom stereocenters. The van der Waals surface area contributed by atoms with Crippen molar-refractivity contribution in [2.45, 2.75) is 104 Å². The van der Waals surface area contributed by atoms with E-state index >= 15 is 0 Å². The van der Waals surface area contributed by atoms with E-state index in [0.29, 0.717) is 0 Å². The van der Waals surface area contributed by atoms with Crippen LogP contribution in [0.15, 0.2) is 42.6 Å². The minimum atomic E-state index is 0.953. The molecule has 1 nitrogen and oxygen atoms in total. The molecule has 1 heteroatoms. The zero-order valence-corrected chi connectivity index (χ0v) is 19.5. The van der Waals surface area contributed by atoms with Crippen LogP contribution in [-0.2, 0) is 12.8 Å². The lowest BCUT2D eigenvalue weighted by Gasteiger charge is -2.28. The Bertz CT molecular complexity index is 692. The van der Waals surface area contributed by atoms with Crippen LogP contribution in [0.1, 0.15) is 102 Å². The monoisotopic (exact) mass is 405 g/mol. The molecule has 1 aliphatic carbocycles. The molecule has 1 aliphatic rings. The van der Waals surface area contributed by atoms with Gasteiger partial charge in [0.2, 0.25) is 0 Å². The summed E-state index contributed by atoms with van der Waals surface area (Å²) in [6.45, 7) is 4.52. The highest BCUT2D eigenvalue weighted by Gasteiger charge is 2.20. The lowest BCUT2D eigenvalue weighted by molar-refractivity contribution is 0.248. The molecule has 3 rings (SSSR count). The highest BCUT2D eigenvalue weighted by molar-refractivity contribution is 5.59. The van der Waals surface area contributed by atoms with Crippen LogP contribution >= 0.6 is 0 Å². The van der Waals surface area contributed by atoms with Gasteiger partial charge in [0.25, 0.3) is 0 Å². The van der Waals surface area contributed by atoms with Crippen molar-refractivity contribution in [3.05, 3.63) is 53.7 Å². The first-order valence-corrected chi connectivity index (χ1v) is 12.8. The highest BCUT2D eigenvalue weighted by Crippen LogP contribution is 2.34. The molecule has 0 amide bonds. The van der Waals surface area contributed by atoms with Crippen LogP contribution in [0.5, 0.6) is 0 Å². The Morgan fingerprint density at radius 2 is 1.33 bits per heavy atom. The van der Waals surface area contributed by atoms with E-state index in [0.717, 1.165) is 24.0 Å². The van der Waals surface area contributed by atoms with Crippen LogP contribution in [-0.4, -0.2) is 4.98 Å². The molecule has 1 aromatic heterocycles. The Morgan fingerprint density at radius 3 is 1.97 bits per heavy atom. The second-order valence-electron chi connectivity index (χ2n) is 9.63. The molecule has 0 saturated heterocycles. The maximum absolute atomic E-state index is 4.66. The van der Waals surface area contributed by atoms with Gasteiger partial charge in [-0.05, 0) is 48.3 Å². The van der Waals surface area contributed by atoms with Crippen molar-refractivity contribution in [3.63, 3.8) is 0 Å². The van der Waals surface area contributed by atoms with Crippen LogP contribution in [0.2, 0.25) is 0 Å². The van der Waals surface area contributed by atoms with E-state index < -0.39 is 0 Å². The molecule has 0 radical (unpaired) electrons. The minimum absolute atomic E-state index is 0.953. The molecule has 0 bridgehead atoms. The van der Waals surface area contributed by atoms with E-state index in [4.69, 9.17) is 0 Å². The summed E-state index contributed by atoms with van der Waals surface area (Å²) in [5.74, 6) is 1.98. The van der Waals surface area contributed by atoms with Crippen LogP contribution in [0.4, 0.5) is 0 Å². The topological polar surface area (TPSA) is 12.9 Å². The Hall–Kier alpha value is -1.63. The Balaban J connectivity index is 1.36. The maximum atomic E-state index is 4.66. The summed E-state index contributed by atoms with van der Waals surface area (Å²) < 4.78 is 0. The Labute approximate surface area is 185 Å². The summed E-state index contributed by atoms with van der Waals surface area (Å²) in [7, 11) is 0. The average molecular weight is 406 g/mol. The summed E-state index contributed by atoms with van der Waals surface area (Å²) >= 11 is 0. The van der Waals surface area contributed by atoms with E-state index in [1.54, 1.807) is 0 Å². The molecule has 1 aromatic carbocycles. The van der Waals surface area contributed by atoms with Crippen molar-refractivity contribution in [1.29, 1.82) is 0 Å². The number of rotatable bonds is 12. The highest BCUT2D eigenvalue weighted by atomic mass is 14.7. The van der Waals surface area contributed by atoms with Gasteiger partial charge in [-0.1, -0.05) is 115 Å². The summed E-state index contributed by atoms with van der Waals surface area (Å²) in [5, 5.41) is 0. The van der Waals surface area contributed by atoms with Crippen LogP contribution in [0.3, 0.4) is 0 Å².